The van der Waals surface area contributed by atoms with Gasteiger partial charge in [0.05, 0.1) is 5.56 Å². The first kappa shape index (κ1) is 11.5. The Morgan fingerprint density at radius 1 is 1.12 bits per heavy atom. The highest BCUT2D eigenvalue weighted by Crippen LogP contribution is 2.25. The molecule has 1 radical (unpaired) electrons. The van der Waals surface area contributed by atoms with Crippen molar-refractivity contribution in [3.8, 4) is 11.1 Å². The number of hydrogen-bond donors (Lipinski definition) is 0. The van der Waals surface area contributed by atoms with Gasteiger partial charge >= 0.3 is 0 Å². The van der Waals surface area contributed by atoms with Gasteiger partial charge in [-0.1, -0.05) is 18.2 Å². The van der Waals surface area contributed by atoms with Crippen molar-refractivity contribution in [2.24, 2.45) is 0 Å². The summed E-state index contributed by atoms with van der Waals surface area (Å²) < 4.78 is 26.9. The molecule has 0 aliphatic heterocycles. The average Bonchev–Trinajstić information content (AvgIpc) is 2.33. The van der Waals surface area contributed by atoms with Crippen molar-refractivity contribution in [1.82, 2.24) is 0 Å². The van der Waals surface area contributed by atoms with E-state index >= 15 is 0 Å². The van der Waals surface area contributed by atoms with E-state index in [0.717, 1.165) is 0 Å². The van der Waals surface area contributed by atoms with Gasteiger partial charge in [0.1, 0.15) is 11.6 Å². The molecule has 3 heteroatoms. The normalized spacial score (nSPS) is 10.3. The molecule has 2 aromatic carbocycles. The quantitative estimate of drug-likeness (QED) is 0.774. The highest BCUT2D eigenvalue weighted by atomic mass is 19.1. The predicted octanol–water partition coefficient (Wildman–Crippen LogP) is 3.40. The fourth-order valence-corrected chi connectivity index (χ4v) is 1.65. The fourth-order valence-electron chi connectivity index (χ4n) is 1.65. The van der Waals surface area contributed by atoms with Crippen LogP contribution >= 0.6 is 0 Å². The van der Waals surface area contributed by atoms with Gasteiger partial charge in [0.2, 0.25) is 6.29 Å². The van der Waals surface area contributed by atoms with Crippen LogP contribution in [0.3, 0.4) is 0 Å². The van der Waals surface area contributed by atoms with E-state index in [2.05, 4.69) is 0 Å². The Balaban J connectivity index is 2.60. The van der Waals surface area contributed by atoms with Crippen LogP contribution in [0.5, 0.6) is 0 Å². The van der Waals surface area contributed by atoms with E-state index in [1.165, 1.54) is 24.5 Å². The third kappa shape index (κ3) is 2.09. The van der Waals surface area contributed by atoms with Crippen LogP contribution in [0.25, 0.3) is 11.1 Å². The number of aryl methyl sites for hydroxylation is 1. The third-order valence-corrected chi connectivity index (χ3v) is 2.58. The number of hydrogen-bond acceptors (Lipinski definition) is 1. The minimum atomic E-state index is -0.631. The van der Waals surface area contributed by atoms with E-state index in [1.54, 1.807) is 25.1 Å². The van der Waals surface area contributed by atoms with Gasteiger partial charge in [-0.05, 0) is 36.2 Å². The maximum atomic E-state index is 13.8. The second kappa shape index (κ2) is 4.45. The first-order chi connectivity index (χ1) is 8.13. The van der Waals surface area contributed by atoms with Crippen molar-refractivity contribution in [3.63, 3.8) is 0 Å². The smallest absolute Gasteiger partial charge is 0.236 e. The minimum Gasteiger partial charge on any atom is -0.285 e. The molecule has 1 nitrogen and oxygen atoms in total. The molecule has 0 N–H and O–H groups in total. The fraction of sp³-hybridized carbons (Fsp3) is 0.0714. The summed E-state index contributed by atoms with van der Waals surface area (Å²) >= 11 is 0. The van der Waals surface area contributed by atoms with Gasteiger partial charge in [-0.3, -0.25) is 4.79 Å². The first-order valence-corrected chi connectivity index (χ1v) is 5.06. The van der Waals surface area contributed by atoms with E-state index in [1.807, 2.05) is 0 Å². The van der Waals surface area contributed by atoms with Gasteiger partial charge in [-0.15, -0.1) is 0 Å². The lowest BCUT2D eigenvalue weighted by Gasteiger charge is -2.06. The van der Waals surface area contributed by atoms with Crippen molar-refractivity contribution in [2.45, 2.75) is 6.92 Å². The zero-order valence-electron chi connectivity index (χ0n) is 9.13. The van der Waals surface area contributed by atoms with Gasteiger partial charge in [0.15, 0.2) is 0 Å². The third-order valence-electron chi connectivity index (χ3n) is 2.58. The summed E-state index contributed by atoms with van der Waals surface area (Å²) in [6.07, 6.45) is 1.53. The highest BCUT2D eigenvalue weighted by Gasteiger charge is 2.10. The zero-order valence-corrected chi connectivity index (χ0v) is 9.13. The average molecular weight is 231 g/mol. The number of carbonyl (C=O) groups excluding carboxylic acids is 1. The Morgan fingerprint density at radius 3 is 2.53 bits per heavy atom. The van der Waals surface area contributed by atoms with Gasteiger partial charge < -0.3 is 0 Å². The van der Waals surface area contributed by atoms with Gasteiger partial charge in [-0.25, -0.2) is 8.78 Å². The molecule has 0 saturated heterocycles. The monoisotopic (exact) mass is 231 g/mol. The van der Waals surface area contributed by atoms with Gasteiger partial charge in [-0.2, -0.15) is 0 Å². The van der Waals surface area contributed by atoms with Crippen LogP contribution in [0, 0.1) is 18.6 Å². The van der Waals surface area contributed by atoms with Crippen LogP contribution in [0.1, 0.15) is 11.1 Å². The molecule has 17 heavy (non-hydrogen) atoms. The van der Waals surface area contributed by atoms with Crippen molar-refractivity contribution in [2.75, 3.05) is 0 Å². The number of halogens is 2. The Hall–Kier alpha value is -2.03. The molecule has 0 bridgehead atoms. The molecule has 2 rings (SSSR count). The standard InChI is InChI=1S/C14H9F2O/c1-9-7-10(5-6-13(9)15)12-4-2-3-11(8-17)14(12)16/h2-7H,1H3. The molecule has 0 unspecified atom stereocenters. The van der Waals surface area contributed by atoms with Crippen LogP contribution in [-0.4, -0.2) is 6.29 Å². The summed E-state index contributed by atoms with van der Waals surface area (Å²) in [6, 6.07) is 8.77. The van der Waals surface area contributed by atoms with Crippen molar-refractivity contribution < 1.29 is 13.6 Å². The van der Waals surface area contributed by atoms with Crippen molar-refractivity contribution in [1.29, 1.82) is 0 Å². The van der Waals surface area contributed by atoms with E-state index in [9.17, 15) is 13.6 Å². The predicted molar refractivity (Wildman–Crippen MR) is 61.3 cm³/mol. The molecule has 0 aromatic heterocycles. The maximum absolute atomic E-state index is 13.8. The van der Waals surface area contributed by atoms with Gasteiger partial charge in [0.25, 0.3) is 0 Å². The molecule has 0 spiro atoms. The molecule has 0 fully saturated rings. The lowest BCUT2D eigenvalue weighted by Crippen LogP contribution is -1.93. The SMILES string of the molecule is Cc1cc(-c2cccc([C]=O)c2F)ccc1F. The zero-order chi connectivity index (χ0) is 12.4. The van der Waals surface area contributed by atoms with Crippen LogP contribution in [-0.2, 0) is 4.79 Å². The second-order valence-corrected chi connectivity index (χ2v) is 3.73. The van der Waals surface area contributed by atoms with Crippen LogP contribution in [0.15, 0.2) is 36.4 Å². The molecule has 0 amide bonds. The van der Waals surface area contributed by atoms with E-state index in [-0.39, 0.29) is 16.9 Å². The summed E-state index contributed by atoms with van der Waals surface area (Å²) in [4.78, 5) is 10.5. The minimum absolute atomic E-state index is 0.121. The highest BCUT2D eigenvalue weighted by molar-refractivity contribution is 5.80. The largest absolute Gasteiger partial charge is 0.285 e. The molecule has 0 heterocycles. The molecule has 0 atom stereocenters. The summed E-state index contributed by atoms with van der Waals surface area (Å²) in [5.74, 6) is -0.972. The molecule has 2 aromatic rings. The maximum Gasteiger partial charge on any atom is 0.236 e. The molecule has 0 saturated carbocycles. The summed E-state index contributed by atoms with van der Waals surface area (Å²) in [5, 5.41) is 0. The van der Waals surface area contributed by atoms with E-state index in [0.29, 0.717) is 11.1 Å². The Bertz CT molecular complexity index is 576. The lowest BCUT2D eigenvalue weighted by atomic mass is 10.0. The molecule has 85 valence electrons. The van der Waals surface area contributed by atoms with E-state index < -0.39 is 5.82 Å². The van der Waals surface area contributed by atoms with Crippen molar-refractivity contribution >= 4 is 6.29 Å². The Kier molecular flexibility index (Phi) is 3.00. The molecule has 0 aliphatic rings. The van der Waals surface area contributed by atoms with Crippen LogP contribution < -0.4 is 0 Å². The molecular weight excluding hydrogens is 222 g/mol. The summed E-state index contributed by atoms with van der Waals surface area (Å²) in [5.41, 5.74) is 1.12. The lowest BCUT2D eigenvalue weighted by molar-refractivity contribution is 0.557. The second-order valence-electron chi connectivity index (χ2n) is 3.73. The Labute approximate surface area is 97.7 Å². The van der Waals surface area contributed by atoms with E-state index in [4.69, 9.17) is 0 Å². The topological polar surface area (TPSA) is 17.1 Å². The van der Waals surface area contributed by atoms with Crippen LogP contribution in [0.4, 0.5) is 8.78 Å². The summed E-state index contributed by atoms with van der Waals surface area (Å²) in [7, 11) is 0. The number of benzene rings is 2. The summed E-state index contributed by atoms with van der Waals surface area (Å²) in [6.45, 7) is 1.60. The molecular formula is C14H9F2O. The Morgan fingerprint density at radius 2 is 1.88 bits per heavy atom. The van der Waals surface area contributed by atoms with Crippen molar-refractivity contribution in [3.05, 3.63) is 59.2 Å². The molecule has 0 aliphatic carbocycles. The first-order valence-electron chi connectivity index (χ1n) is 5.06. The number of rotatable bonds is 2. The van der Waals surface area contributed by atoms with Crippen LogP contribution in [0.2, 0.25) is 0 Å². The van der Waals surface area contributed by atoms with Gasteiger partial charge in [0, 0.05) is 5.56 Å².